The number of ether oxygens (including phenoxy) is 2. The number of carbonyl (C=O) groups excluding carboxylic acids is 1. The summed E-state index contributed by atoms with van der Waals surface area (Å²) in [6.07, 6.45) is 4.81. The van der Waals surface area contributed by atoms with Crippen LogP contribution in [0.25, 0.3) is 0 Å². The maximum absolute atomic E-state index is 11.0. The van der Waals surface area contributed by atoms with Crippen molar-refractivity contribution in [1.29, 1.82) is 0 Å². The van der Waals surface area contributed by atoms with E-state index in [2.05, 4.69) is 0 Å². The SMILES string of the molecule is COc1ccc(C2CC(CC(N)=O)ON2O)cc1OC1CCCC1. The number of amides is 1. The van der Waals surface area contributed by atoms with Gasteiger partial charge in [0.05, 0.1) is 31.8 Å². The predicted octanol–water partition coefficient (Wildman–Crippen LogP) is 2.33. The number of rotatable bonds is 6. The second-order valence-corrected chi connectivity index (χ2v) is 6.39. The zero-order valence-corrected chi connectivity index (χ0v) is 13.8. The number of methoxy groups -OCH3 is 1. The molecule has 1 aromatic carbocycles. The number of hydroxylamine groups is 2. The van der Waals surface area contributed by atoms with E-state index in [1.165, 1.54) is 12.8 Å². The highest BCUT2D eigenvalue weighted by atomic mass is 16.9. The van der Waals surface area contributed by atoms with Gasteiger partial charge in [-0.2, -0.15) is 0 Å². The van der Waals surface area contributed by atoms with Gasteiger partial charge in [0, 0.05) is 6.42 Å². The molecule has 132 valence electrons. The molecule has 7 nitrogen and oxygen atoms in total. The quantitative estimate of drug-likeness (QED) is 0.828. The molecule has 0 spiro atoms. The Kier molecular flexibility index (Phi) is 5.23. The normalized spacial score (nSPS) is 25.1. The van der Waals surface area contributed by atoms with Crippen molar-refractivity contribution in [1.82, 2.24) is 5.23 Å². The van der Waals surface area contributed by atoms with Crippen LogP contribution in [0, 0.1) is 0 Å². The Morgan fingerprint density at radius 3 is 2.79 bits per heavy atom. The molecule has 1 aliphatic carbocycles. The Bertz CT molecular complexity index is 588. The van der Waals surface area contributed by atoms with Gasteiger partial charge in [0.2, 0.25) is 5.91 Å². The van der Waals surface area contributed by atoms with E-state index in [1.54, 1.807) is 7.11 Å². The summed E-state index contributed by atoms with van der Waals surface area (Å²) in [6.45, 7) is 0. The van der Waals surface area contributed by atoms with Crippen molar-refractivity contribution in [3.8, 4) is 11.5 Å². The van der Waals surface area contributed by atoms with E-state index in [-0.39, 0.29) is 18.6 Å². The van der Waals surface area contributed by atoms with Gasteiger partial charge in [-0.15, -0.1) is 0 Å². The molecule has 2 atom stereocenters. The third-order valence-electron chi connectivity index (χ3n) is 4.61. The number of hydrogen-bond donors (Lipinski definition) is 2. The number of benzene rings is 1. The van der Waals surface area contributed by atoms with Crippen molar-refractivity contribution >= 4 is 5.91 Å². The van der Waals surface area contributed by atoms with Crippen molar-refractivity contribution in [2.45, 2.75) is 56.8 Å². The molecule has 1 heterocycles. The fourth-order valence-electron chi connectivity index (χ4n) is 3.40. The first kappa shape index (κ1) is 17.0. The van der Waals surface area contributed by atoms with Crippen LogP contribution < -0.4 is 15.2 Å². The Morgan fingerprint density at radius 2 is 2.12 bits per heavy atom. The van der Waals surface area contributed by atoms with Crippen molar-refractivity contribution < 1.29 is 24.3 Å². The first-order valence-corrected chi connectivity index (χ1v) is 8.34. The summed E-state index contributed by atoms with van der Waals surface area (Å²) in [5.74, 6) is 0.894. The van der Waals surface area contributed by atoms with E-state index in [1.807, 2.05) is 18.2 Å². The lowest BCUT2D eigenvalue weighted by Crippen LogP contribution is -2.21. The molecule has 24 heavy (non-hydrogen) atoms. The highest BCUT2D eigenvalue weighted by molar-refractivity contribution is 5.74. The summed E-state index contributed by atoms with van der Waals surface area (Å²) in [4.78, 5) is 16.3. The lowest BCUT2D eigenvalue weighted by molar-refractivity contribution is -0.343. The Labute approximate surface area is 141 Å². The van der Waals surface area contributed by atoms with Crippen LogP contribution in [0.4, 0.5) is 0 Å². The monoisotopic (exact) mass is 336 g/mol. The molecule has 0 radical (unpaired) electrons. The van der Waals surface area contributed by atoms with Gasteiger partial charge in [0.25, 0.3) is 0 Å². The van der Waals surface area contributed by atoms with Gasteiger partial charge in [0.1, 0.15) is 0 Å². The van der Waals surface area contributed by atoms with Crippen LogP contribution in [0.5, 0.6) is 11.5 Å². The van der Waals surface area contributed by atoms with Gasteiger partial charge >= 0.3 is 0 Å². The lowest BCUT2D eigenvalue weighted by Gasteiger charge is -2.20. The van der Waals surface area contributed by atoms with Gasteiger partial charge in [-0.25, -0.2) is 0 Å². The van der Waals surface area contributed by atoms with Crippen molar-refractivity contribution in [3.63, 3.8) is 0 Å². The molecule has 1 aliphatic heterocycles. The molecular weight excluding hydrogens is 312 g/mol. The van der Waals surface area contributed by atoms with Crippen molar-refractivity contribution in [2.75, 3.05) is 7.11 Å². The first-order valence-electron chi connectivity index (χ1n) is 8.34. The Balaban J connectivity index is 1.76. The molecule has 7 heteroatoms. The van der Waals surface area contributed by atoms with Crippen molar-refractivity contribution in [3.05, 3.63) is 23.8 Å². The molecule has 3 N–H and O–H groups in total. The molecule has 3 rings (SSSR count). The maximum Gasteiger partial charge on any atom is 0.220 e. The first-order chi connectivity index (χ1) is 11.6. The van der Waals surface area contributed by atoms with Gasteiger partial charge in [-0.3, -0.25) is 14.8 Å². The molecule has 1 saturated carbocycles. The third-order valence-corrected chi connectivity index (χ3v) is 4.61. The van der Waals surface area contributed by atoms with Crippen LogP contribution >= 0.6 is 0 Å². The molecule has 2 unspecified atom stereocenters. The minimum absolute atomic E-state index is 0.0785. The molecular formula is C17H24N2O5. The number of nitrogens with zero attached hydrogens (tertiary/aromatic N) is 1. The van der Waals surface area contributed by atoms with E-state index in [4.69, 9.17) is 20.0 Å². The average Bonchev–Trinajstić information content (AvgIpc) is 3.16. The van der Waals surface area contributed by atoms with Gasteiger partial charge in [0.15, 0.2) is 11.5 Å². The fourth-order valence-corrected chi connectivity index (χ4v) is 3.40. The second kappa shape index (κ2) is 7.38. The van der Waals surface area contributed by atoms with Crippen LogP contribution in [0.2, 0.25) is 0 Å². The van der Waals surface area contributed by atoms with Crippen LogP contribution in [-0.2, 0) is 9.63 Å². The van der Waals surface area contributed by atoms with E-state index >= 15 is 0 Å². The zero-order chi connectivity index (χ0) is 17.1. The molecule has 0 bridgehead atoms. The Morgan fingerprint density at radius 1 is 1.38 bits per heavy atom. The van der Waals surface area contributed by atoms with Crippen LogP contribution in [0.15, 0.2) is 18.2 Å². The summed E-state index contributed by atoms with van der Waals surface area (Å²) in [5, 5.41) is 10.8. The molecule has 1 amide bonds. The molecule has 1 aromatic rings. The highest BCUT2D eigenvalue weighted by Gasteiger charge is 2.35. The van der Waals surface area contributed by atoms with Crippen molar-refractivity contribution in [2.24, 2.45) is 5.73 Å². The van der Waals surface area contributed by atoms with E-state index in [0.717, 1.165) is 23.6 Å². The number of carbonyl (C=O) groups is 1. The minimum Gasteiger partial charge on any atom is -0.493 e. The van der Waals surface area contributed by atoms with Gasteiger partial charge < -0.3 is 15.2 Å². The number of hydrogen-bond acceptors (Lipinski definition) is 6. The standard InChI is InChI=1S/C17H24N2O5/c1-22-15-7-6-11(8-16(15)23-12-4-2-3-5-12)14-9-13(10-17(18)20)24-19(14)21/h6-8,12-14,21H,2-5,9-10H2,1H3,(H2,18,20). The minimum atomic E-state index is -0.450. The lowest BCUT2D eigenvalue weighted by atomic mass is 10.0. The second-order valence-electron chi connectivity index (χ2n) is 6.39. The molecule has 2 aliphatic rings. The predicted molar refractivity (Wildman–Crippen MR) is 85.5 cm³/mol. The van der Waals surface area contributed by atoms with Crippen LogP contribution in [0.1, 0.15) is 50.1 Å². The number of nitrogens with two attached hydrogens (primary N) is 1. The molecule has 2 fully saturated rings. The van der Waals surface area contributed by atoms with Crippen LogP contribution in [-0.4, -0.2) is 35.7 Å². The third kappa shape index (κ3) is 3.80. The summed E-state index contributed by atoms with van der Waals surface area (Å²) in [5.41, 5.74) is 6.05. The van der Waals surface area contributed by atoms with E-state index in [0.29, 0.717) is 17.9 Å². The number of primary amides is 1. The van der Waals surface area contributed by atoms with Crippen LogP contribution in [0.3, 0.4) is 0 Å². The summed E-state index contributed by atoms with van der Waals surface area (Å²) < 4.78 is 11.5. The highest BCUT2D eigenvalue weighted by Crippen LogP contribution is 2.39. The summed E-state index contributed by atoms with van der Waals surface area (Å²) >= 11 is 0. The average molecular weight is 336 g/mol. The fraction of sp³-hybridized carbons (Fsp3) is 0.588. The van der Waals surface area contributed by atoms with Gasteiger partial charge in [-0.1, -0.05) is 11.3 Å². The van der Waals surface area contributed by atoms with Gasteiger partial charge in [-0.05, 0) is 43.4 Å². The van der Waals surface area contributed by atoms with E-state index < -0.39 is 12.0 Å². The summed E-state index contributed by atoms with van der Waals surface area (Å²) in [7, 11) is 1.61. The Hall–Kier alpha value is -1.83. The topological polar surface area (TPSA) is 94.2 Å². The maximum atomic E-state index is 11.0. The van der Waals surface area contributed by atoms with E-state index in [9.17, 15) is 10.0 Å². The smallest absolute Gasteiger partial charge is 0.220 e. The zero-order valence-electron chi connectivity index (χ0n) is 13.8. The summed E-state index contributed by atoms with van der Waals surface area (Å²) in [6, 6.07) is 5.20. The molecule has 0 aromatic heterocycles. The molecule has 1 saturated heterocycles. The largest absolute Gasteiger partial charge is 0.493 e.